The van der Waals surface area contributed by atoms with Crippen LogP contribution in [-0.4, -0.2) is 17.7 Å². The van der Waals surface area contributed by atoms with Gasteiger partial charge in [-0.15, -0.1) is 0 Å². The van der Waals surface area contributed by atoms with E-state index in [1.54, 1.807) is 12.1 Å². The van der Waals surface area contributed by atoms with E-state index in [0.717, 1.165) is 0 Å². The Labute approximate surface area is 94.7 Å². The molecule has 16 heavy (non-hydrogen) atoms. The molecule has 0 radical (unpaired) electrons. The van der Waals surface area contributed by atoms with E-state index in [1.165, 1.54) is 12.2 Å². The Morgan fingerprint density at radius 1 is 1.00 bits per heavy atom. The van der Waals surface area contributed by atoms with Crippen molar-refractivity contribution in [3.05, 3.63) is 30.3 Å². The van der Waals surface area contributed by atoms with E-state index >= 15 is 0 Å². The molecule has 0 aliphatic carbocycles. The molecule has 0 spiro atoms. The molecule has 1 aromatic carbocycles. The highest BCUT2D eigenvalue weighted by atomic mass is 16.1. The van der Waals surface area contributed by atoms with Gasteiger partial charge in [0.25, 0.3) is 0 Å². The first-order valence-corrected chi connectivity index (χ1v) is 4.71. The summed E-state index contributed by atoms with van der Waals surface area (Å²) in [6, 6.07) is 8.98. The van der Waals surface area contributed by atoms with Crippen LogP contribution in [0.5, 0.6) is 0 Å². The van der Waals surface area contributed by atoms with E-state index in [1.807, 2.05) is 39.0 Å². The molecule has 0 saturated carbocycles. The van der Waals surface area contributed by atoms with Gasteiger partial charge in [0.1, 0.15) is 0 Å². The molecule has 0 saturated heterocycles. The molecule has 0 atom stereocenters. The van der Waals surface area contributed by atoms with Crippen LogP contribution in [0.2, 0.25) is 0 Å². The molecule has 0 aromatic heterocycles. The third-order valence-corrected chi connectivity index (χ3v) is 1.31. The summed E-state index contributed by atoms with van der Waals surface area (Å²) < 4.78 is 0. The zero-order chi connectivity index (χ0) is 12.4. The SMILES string of the molecule is CC(C)(C)N=C=O.O=C=Nc1ccccc1. The van der Waals surface area contributed by atoms with E-state index in [0.29, 0.717) is 5.69 Å². The largest absolute Gasteiger partial charge is 0.240 e. The van der Waals surface area contributed by atoms with E-state index in [4.69, 9.17) is 0 Å². The third-order valence-electron chi connectivity index (χ3n) is 1.31. The van der Waals surface area contributed by atoms with Crippen LogP contribution in [0, 0.1) is 0 Å². The van der Waals surface area contributed by atoms with Gasteiger partial charge in [-0.25, -0.2) is 14.6 Å². The fourth-order valence-electron chi connectivity index (χ4n) is 0.692. The summed E-state index contributed by atoms with van der Waals surface area (Å²) in [5, 5.41) is 0. The Hall–Kier alpha value is -2.02. The Bertz CT molecular complexity index is 395. The van der Waals surface area contributed by atoms with Crippen LogP contribution in [0.1, 0.15) is 20.8 Å². The second-order valence-electron chi connectivity index (χ2n) is 3.91. The lowest BCUT2D eigenvalue weighted by molar-refractivity contribution is 0.535. The van der Waals surface area contributed by atoms with Crippen LogP contribution in [0.4, 0.5) is 5.69 Å². The van der Waals surface area contributed by atoms with Crippen molar-refractivity contribution in [3.8, 4) is 0 Å². The molecule has 0 amide bonds. The van der Waals surface area contributed by atoms with Gasteiger partial charge in [0, 0.05) is 0 Å². The topological polar surface area (TPSA) is 58.9 Å². The summed E-state index contributed by atoms with van der Waals surface area (Å²) in [7, 11) is 0. The highest BCUT2D eigenvalue weighted by Crippen LogP contribution is 2.07. The maximum Gasteiger partial charge on any atom is 0.240 e. The van der Waals surface area contributed by atoms with Crippen LogP contribution < -0.4 is 0 Å². The number of hydrogen-bond donors (Lipinski definition) is 0. The molecule has 0 unspecified atom stereocenters. The molecular formula is C12H14N2O2. The van der Waals surface area contributed by atoms with Crippen molar-refractivity contribution >= 4 is 17.8 Å². The molecule has 0 N–H and O–H groups in total. The average molecular weight is 218 g/mol. The van der Waals surface area contributed by atoms with Crippen LogP contribution in [0.15, 0.2) is 40.3 Å². The first-order chi connectivity index (χ1) is 7.49. The van der Waals surface area contributed by atoms with E-state index < -0.39 is 0 Å². The van der Waals surface area contributed by atoms with Crippen molar-refractivity contribution in [1.82, 2.24) is 0 Å². The number of hydrogen-bond acceptors (Lipinski definition) is 4. The van der Waals surface area contributed by atoms with Gasteiger partial charge in [0.05, 0.1) is 11.2 Å². The van der Waals surface area contributed by atoms with E-state index in [9.17, 15) is 9.59 Å². The second-order valence-corrected chi connectivity index (χ2v) is 3.91. The van der Waals surface area contributed by atoms with Crippen LogP contribution in [0.25, 0.3) is 0 Å². The van der Waals surface area contributed by atoms with E-state index in [2.05, 4.69) is 9.98 Å². The standard InChI is InChI=1S/C7H5NO.C5H9NO/c9-6-8-7-4-2-1-3-5-7;1-5(2,3)6-4-7/h1-5H;1-3H3. The molecule has 0 heterocycles. The molecule has 0 fully saturated rings. The quantitative estimate of drug-likeness (QED) is 0.537. The van der Waals surface area contributed by atoms with Crippen molar-refractivity contribution in [2.45, 2.75) is 26.3 Å². The molecule has 1 aromatic rings. The normalized spacial score (nSPS) is 8.94. The highest BCUT2D eigenvalue weighted by molar-refractivity contribution is 5.47. The maximum atomic E-state index is 9.68. The smallest absolute Gasteiger partial charge is 0.211 e. The monoisotopic (exact) mass is 218 g/mol. The van der Waals surface area contributed by atoms with Crippen molar-refractivity contribution in [1.29, 1.82) is 0 Å². The van der Waals surface area contributed by atoms with Crippen LogP contribution in [-0.2, 0) is 9.59 Å². The first-order valence-electron chi connectivity index (χ1n) is 4.71. The Morgan fingerprint density at radius 2 is 1.56 bits per heavy atom. The molecule has 1 rings (SSSR count). The molecule has 84 valence electrons. The summed E-state index contributed by atoms with van der Waals surface area (Å²) in [5.74, 6) is 0. The minimum Gasteiger partial charge on any atom is -0.211 e. The van der Waals surface area contributed by atoms with Crippen molar-refractivity contribution in [3.63, 3.8) is 0 Å². The Morgan fingerprint density at radius 3 is 1.88 bits per heavy atom. The number of isocyanates is 2. The van der Waals surface area contributed by atoms with Gasteiger partial charge in [0.2, 0.25) is 12.2 Å². The average Bonchev–Trinajstić information content (AvgIpc) is 2.19. The van der Waals surface area contributed by atoms with Gasteiger partial charge < -0.3 is 0 Å². The maximum absolute atomic E-state index is 9.68. The third kappa shape index (κ3) is 8.57. The summed E-state index contributed by atoms with van der Waals surface area (Å²) >= 11 is 0. The predicted octanol–water partition coefficient (Wildman–Crippen LogP) is 2.77. The van der Waals surface area contributed by atoms with Gasteiger partial charge in [0.15, 0.2) is 0 Å². The highest BCUT2D eigenvalue weighted by Gasteiger charge is 2.04. The van der Waals surface area contributed by atoms with Gasteiger partial charge in [-0.3, -0.25) is 0 Å². The number of carbonyl (C=O) groups excluding carboxylic acids is 2. The summed E-state index contributed by atoms with van der Waals surface area (Å²) in [6.45, 7) is 5.54. The van der Waals surface area contributed by atoms with Gasteiger partial charge >= 0.3 is 0 Å². The lowest BCUT2D eigenvalue weighted by atomic mass is 10.1. The van der Waals surface area contributed by atoms with Crippen LogP contribution in [0.3, 0.4) is 0 Å². The van der Waals surface area contributed by atoms with Gasteiger partial charge in [-0.1, -0.05) is 18.2 Å². The molecule has 0 bridgehead atoms. The summed E-state index contributed by atoms with van der Waals surface area (Å²) in [6.07, 6.45) is 2.94. The molecule has 0 aliphatic rings. The number of nitrogens with zero attached hydrogens (tertiary/aromatic N) is 2. The van der Waals surface area contributed by atoms with Crippen molar-refractivity contribution in [2.75, 3.05) is 0 Å². The minimum atomic E-state index is -0.248. The fraction of sp³-hybridized carbons (Fsp3) is 0.333. The summed E-state index contributed by atoms with van der Waals surface area (Å²) in [5.41, 5.74) is 0.398. The van der Waals surface area contributed by atoms with Crippen LogP contribution >= 0.6 is 0 Å². The zero-order valence-electron chi connectivity index (χ0n) is 9.60. The summed E-state index contributed by atoms with van der Waals surface area (Å²) in [4.78, 5) is 26.1. The van der Waals surface area contributed by atoms with Gasteiger partial charge in [-0.05, 0) is 32.9 Å². The van der Waals surface area contributed by atoms with Crippen molar-refractivity contribution < 1.29 is 9.59 Å². The van der Waals surface area contributed by atoms with Gasteiger partial charge in [-0.2, -0.15) is 4.99 Å². The first kappa shape index (κ1) is 14.0. The molecule has 4 nitrogen and oxygen atoms in total. The number of benzene rings is 1. The number of rotatable bonds is 1. The molecular weight excluding hydrogens is 204 g/mol. The minimum absolute atomic E-state index is 0.248. The lowest BCUT2D eigenvalue weighted by Crippen LogP contribution is -2.07. The Kier molecular flexibility index (Phi) is 6.37. The molecule has 0 aliphatic heterocycles. The zero-order valence-corrected chi connectivity index (χ0v) is 9.60. The fourth-order valence-corrected chi connectivity index (χ4v) is 0.692. The molecule has 4 heteroatoms. The predicted molar refractivity (Wildman–Crippen MR) is 62.1 cm³/mol. The van der Waals surface area contributed by atoms with Crippen molar-refractivity contribution in [2.24, 2.45) is 9.98 Å². The number of para-hydroxylation sites is 1. The Balaban J connectivity index is 0.000000293. The van der Waals surface area contributed by atoms with E-state index in [-0.39, 0.29) is 5.54 Å². The second kappa shape index (κ2) is 7.30. The number of aliphatic imine (C=N–C) groups is 2. The lowest BCUT2D eigenvalue weighted by Gasteiger charge is -2.05.